The van der Waals surface area contributed by atoms with Crippen LogP contribution in [0.3, 0.4) is 0 Å². The second-order valence-electron chi connectivity index (χ2n) is 7.61. The molecule has 5 rings (SSSR count). The van der Waals surface area contributed by atoms with Crippen LogP contribution in [0.1, 0.15) is 17.5 Å². The summed E-state index contributed by atoms with van der Waals surface area (Å²) in [6.07, 6.45) is 3.80. The van der Waals surface area contributed by atoms with Gasteiger partial charge in [-0.05, 0) is 60.4 Å². The molecule has 6 heteroatoms. The Morgan fingerprint density at radius 2 is 1.84 bits per heavy atom. The van der Waals surface area contributed by atoms with Gasteiger partial charge < -0.3 is 4.74 Å². The molecule has 5 aromatic rings. The third kappa shape index (κ3) is 4.15. The number of methoxy groups -OCH3 is 1. The highest BCUT2D eigenvalue weighted by Gasteiger charge is 2.10. The number of pyridine rings is 2. The molecule has 0 saturated carbocycles. The smallest absolute Gasteiger partial charge is 0.179 e. The van der Waals surface area contributed by atoms with Crippen molar-refractivity contribution in [2.45, 2.75) is 19.4 Å². The van der Waals surface area contributed by atoms with Crippen molar-refractivity contribution in [3.05, 3.63) is 84.1 Å². The number of benzene rings is 2. The van der Waals surface area contributed by atoms with Gasteiger partial charge in [-0.1, -0.05) is 35.5 Å². The molecule has 0 bridgehead atoms. The van der Waals surface area contributed by atoms with E-state index in [1.807, 2.05) is 35.1 Å². The summed E-state index contributed by atoms with van der Waals surface area (Å²) in [5.74, 6) is 0. The highest BCUT2D eigenvalue weighted by molar-refractivity contribution is 5.79. The standard InChI is InChI=1S/C25H23N5O/c1-31-14-4-6-18-5-2-7-21(15-18)23-11-12-24-25(27-23)30(29-28-24)17-19-9-10-22-20(16-19)8-3-13-26-22/h2-3,5,7-13,15-16H,4,6,14,17H2,1H3. The van der Waals surface area contributed by atoms with Crippen molar-refractivity contribution in [2.24, 2.45) is 0 Å². The lowest BCUT2D eigenvalue weighted by Crippen LogP contribution is -2.03. The Labute approximate surface area is 180 Å². The average Bonchev–Trinajstić information content (AvgIpc) is 3.21. The zero-order valence-corrected chi connectivity index (χ0v) is 17.4. The average molecular weight is 409 g/mol. The zero-order chi connectivity index (χ0) is 21.0. The Balaban J connectivity index is 1.45. The fraction of sp³-hybridized carbons (Fsp3) is 0.200. The van der Waals surface area contributed by atoms with Crippen LogP contribution in [0.25, 0.3) is 33.3 Å². The summed E-state index contributed by atoms with van der Waals surface area (Å²) in [7, 11) is 1.74. The largest absolute Gasteiger partial charge is 0.385 e. The molecule has 0 spiro atoms. The summed E-state index contributed by atoms with van der Waals surface area (Å²) < 4.78 is 7.03. The SMILES string of the molecule is COCCCc1cccc(-c2ccc3nnn(Cc4ccc5ncccc5c4)c3n2)c1. The molecule has 2 aromatic carbocycles. The van der Waals surface area contributed by atoms with Crippen LogP contribution in [0.4, 0.5) is 0 Å². The molecule has 0 N–H and O–H groups in total. The summed E-state index contributed by atoms with van der Waals surface area (Å²) in [5, 5.41) is 9.77. The summed E-state index contributed by atoms with van der Waals surface area (Å²) >= 11 is 0. The minimum absolute atomic E-state index is 0.606. The van der Waals surface area contributed by atoms with Crippen LogP contribution in [0.5, 0.6) is 0 Å². The summed E-state index contributed by atoms with van der Waals surface area (Å²) in [6, 6.07) is 22.8. The maximum atomic E-state index is 5.17. The zero-order valence-electron chi connectivity index (χ0n) is 17.4. The predicted octanol–water partition coefficient (Wildman–Crippen LogP) is 4.67. The Morgan fingerprint density at radius 3 is 2.77 bits per heavy atom. The van der Waals surface area contributed by atoms with E-state index < -0.39 is 0 Å². The van der Waals surface area contributed by atoms with Gasteiger partial charge in [0.15, 0.2) is 5.65 Å². The lowest BCUT2D eigenvalue weighted by molar-refractivity contribution is 0.195. The normalized spacial score (nSPS) is 11.4. The molecular weight excluding hydrogens is 386 g/mol. The quantitative estimate of drug-likeness (QED) is 0.366. The molecule has 0 saturated heterocycles. The van der Waals surface area contributed by atoms with Crippen LogP contribution in [-0.2, 0) is 17.7 Å². The monoisotopic (exact) mass is 409 g/mol. The van der Waals surface area contributed by atoms with E-state index in [0.717, 1.165) is 58.3 Å². The van der Waals surface area contributed by atoms with Crippen molar-refractivity contribution >= 4 is 22.1 Å². The topological polar surface area (TPSA) is 65.7 Å². The summed E-state index contributed by atoms with van der Waals surface area (Å²) in [6.45, 7) is 1.37. The van der Waals surface area contributed by atoms with Gasteiger partial charge in [0.1, 0.15) is 5.52 Å². The molecule has 3 aromatic heterocycles. The van der Waals surface area contributed by atoms with Gasteiger partial charge in [0.25, 0.3) is 0 Å². The Morgan fingerprint density at radius 1 is 0.903 bits per heavy atom. The first kappa shape index (κ1) is 19.3. The molecule has 0 fully saturated rings. The van der Waals surface area contributed by atoms with Gasteiger partial charge >= 0.3 is 0 Å². The lowest BCUT2D eigenvalue weighted by atomic mass is 10.0. The molecule has 0 aliphatic heterocycles. The number of ether oxygens (including phenoxy) is 1. The first-order valence-corrected chi connectivity index (χ1v) is 10.4. The van der Waals surface area contributed by atoms with Crippen molar-refractivity contribution in [3.8, 4) is 11.3 Å². The van der Waals surface area contributed by atoms with E-state index in [-0.39, 0.29) is 0 Å². The van der Waals surface area contributed by atoms with Gasteiger partial charge in [-0.25, -0.2) is 9.67 Å². The van der Waals surface area contributed by atoms with E-state index in [9.17, 15) is 0 Å². The molecule has 0 atom stereocenters. The maximum absolute atomic E-state index is 5.17. The number of nitrogens with zero attached hydrogens (tertiary/aromatic N) is 5. The first-order valence-electron chi connectivity index (χ1n) is 10.4. The molecule has 0 amide bonds. The van der Waals surface area contributed by atoms with E-state index >= 15 is 0 Å². The number of fused-ring (bicyclic) bond motifs is 2. The number of aromatic nitrogens is 5. The van der Waals surface area contributed by atoms with Crippen LogP contribution in [0.2, 0.25) is 0 Å². The molecule has 31 heavy (non-hydrogen) atoms. The Kier molecular flexibility index (Phi) is 5.37. The highest BCUT2D eigenvalue weighted by Crippen LogP contribution is 2.22. The van der Waals surface area contributed by atoms with Crippen molar-refractivity contribution in [2.75, 3.05) is 13.7 Å². The fourth-order valence-electron chi connectivity index (χ4n) is 3.82. The minimum Gasteiger partial charge on any atom is -0.385 e. The van der Waals surface area contributed by atoms with Crippen molar-refractivity contribution in [1.82, 2.24) is 25.0 Å². The molecule has 3 heterocycles. The van der Waals surface area contributed by atoms with Crippen molar-refractivity contribution < 1.29 is 4.74 Å². The number of rotatable bonds is 7. The molecular formula is C25H23N5O. The van der Waals surface area contributed by atoms with E-state index in [4.69, 9.17) is 9.72 Å². The highest BCUT2D eigenvalue weighted by atomic mass is 16.5. The molecule has 0 aliphatic rings. The van der Waals surface area contributed by atoms with Crippen LogP contribution < -0.4 is 0 Å². The van der Waals surface area contributed by atoms with Gasteiger partial charge in [0.05, 0.1) is 17.8 Å². The number of hydrogen-bond acceptors (Lipinski definition) is 5. The Bertz CT molecular complexity index is 1340. The lowest BCUT2D eigenvalue weighted by Gasteiger charge is -2.07. The van der Waals surface area contributed by atoms with Crippen LogP contribution >= 0.6 is 0 Å². The van der Waals surface area contributed by atoms with Crippen molar-refractivity contribution in [3.63, 3.8) is 0 Å². The minimum atomic E-state index is 0.606. The fourth-order valence-corrected chi connectivity index (χ4v) is 3.82. The predicted molar refractivity (Wildman–Crippen MR) is 122 cm³/mol. The second-order valence-corrected chi connectivity index (χ2v) is 7.61. The van der Waals surface area contributed by atoms with Gasteiger partial charge in [-0.2, -0.15) is 0 Å². The third-order valence-corrected chi connectivity index (χ3v) is 5.40. The summed E-state index contributed by atoms with van der Waals surface area (Å²) in [4.78, 5) is 9.29. The molecule has 154 valence electrons. The molecule has 0 unspecified atom stereocenters. The van der Waals surface area contributed by atoms with Gasteiger partial charge in [-0.15, -0.1) is 5.10 Å². The Hall–Kier alpha value is -3.64. The van der Waals surface area contributed by atoms with Crippen LogP contribution in [0, 0.1) is 0 Å². The van der Waals surface area contributed by atoms with E-state index in [2.05, 4.69) is 57.8 Å². The van der Waals surface area contributed by atoms with Crippen LogP contribution in [-0.4, -0.2) is 38.7 Å². The van der Waals surface area contributed by atoms with E-state index in [0.29, 0.717) is 6.54 Å². The first-order chi connectivity index (χ1) is 15.3. The summed E-state index contributed by atoms with van der Waals surface area (Å²) in [5.41, 5.74) is 7.01. The van der Waals surface area contributed by atoms with Gasteiger partial charge in [0, 0.05) is 30.9 Å². The van der Waals surface area contributed by atoms with E-state index in [1.54, 1.807) is 7.11 Å². The molecule has 0 radical (unpaired) electrons. The third-order valence-electron chi connectivity index (χ3n) is 5.40. The second kappa shape index (κ2) is 8.62. The van der Waals surface area contributed by atoms with Gasteiger partial charge in [0.2, 0.25) is 0 Å². The number of hydrogen-bond donors (Lipinski definition) is 0. The van der Waals surface area contributed by atoms with Crippen LogP contribution in [0.15, 0.2) is 72.9 Å². The number of aryl methyl sites for hydroxylation is 1. The molecule has 6 nitrogen and oxygen atoms in total. The maximum Gasteiger partial charge on any atom is 0.179 e. The van der Waals surface area contributed by atoms with E-state index in [1.165, 1.54) is 5.56 Å². The molecule has 0 aliphatic carbocycles. The van der Waals surface area contributed by atoms with Gasteiger partial charge in [-0.3, -0.25) is 4.98 Å². The van der Waals surface area contributed by atoms with Crippen molar-refractivity contribution in [1.29, 1.82) is 0 Å².